The van der Waals surface area contributed by atoms with Crippen LogP contribution in [-0.2, 0) is 0 Å². The Bertz CT molecular complexity index is 971. The molecule has 28 heavy (non-hydrogen) atoms. The Morgan fingerprint density at radius 1 is 1.07 bits per heavy atom. The molecule has 7 heteroatoms. The zero-order valence-corrected chi connectivity index (χ0v) is 15.8. The van der Waals surface area contributed by atoms with Crippen LogP contribution in [0.2, 0.25) is 0 Å². The van der Waals surface area contributed by atoms with Gasteiger partial charge in [-0.25, -0.2) is 9.97 Å². The standard InChI is InChI=1S/C21H24N6O/c28-13-16-11-21(14-24-16)4-9-27(10-5-21)20-17-3-8-23-12-18(17)25-19(26-20)15-1-6-22-7-2-15/h1-3,6-8,12,16,24,28H,4-5,9-11,13-14H2. The molecule has 0 aromatic carbocycles. The number of fused-ring (bicyclic) bond motifs is 1. The summed E-state index contributed by atoms with van der Waals surface area (Å²) in [5.41, 5.74) is 2.13. The highest BCUT2D eigenvalue weighted by molar-refractivity contribution is 5.90. The molecule has 0 bridgehead atoms. The van der Waals surface area contributed by atoms with Gasteiger partial charge in [0.15, 0.2) is 5.82 Å². The predicted octanol–water partition coefficient (Wildman–Crippen LogP) is 2.03. The average Bonchev–Trinajstić information content (AvgIpc) is 3.17. The lowest BCUT2D eigenvalue weighted by molar-refractivity contribution is 0.215. The van der Waals surface area contributed by atoms with Gasteiger partial charge < -0.3 is 15.3 Å². The van der Waals surface area contributed by atoms with Crippen molar-refractivity contribution in [2.75, 3.05) is 31.1 Å². The lowest BCUT2D eigenvalue weighted by Gasteiger charge is -2.40. The summed E-state index contributed by atoms with van der Waals surface area (Å²) in [5, 5.41) is 14.0. The number of hydrogen-bond donors (Lipinski definition) is 2. The molecule has 2 aliphatic rings. The van der Waals surface area contributed by atoms with Gasteiger partial charge in [-0.1, -0.05) is 0 Å². The Balaban J connectivity index is 1.47. The number of pyridine rings is 2. The molecule has 5 rings (SSSR count). The van der Waals surface area contributed by atoms with Crippen LogP contribution in [0.4, 0.5) is 5.82 Å². The van der Waals surface area contributed by atoms with E-state index in [4.69, 9.17) is 9.97 Å². The summed E-state index contributed by atoms with van der Waals surface area (Å²) in [7, 11) is 0. The molecular weight excluding hydrogens is 352 g/mol. The summed E-state index contributed by atoms with van der Waals surface area (Å²) < 4.78 is 0. The third kappa shape index (κ3) is 3.10. The van der Waals surface area contributed by atoms with E-state index in [1.54, 1.807) is 18.6 Å². The lowest BCUT2D eigenvalue weighted by Crippen LogP contribution is -2.41. The van der Waals surface area contributed by atoms with E-state index < -0.39 is 0 Å². The van der Waals surface area contributed by atoms with Crippen LogP contribution in [0.3, 0.4) is 0 Å². The van der Waals surface area contributed by atoms with E-state index in [-0.39, 0.29) is 12.6 Å². The van der Waals surface area contributed by atoms with Crippen LogP contribution in [0, 0.1) is 5.41 Å². The topological polar surface area (TPSA) is 87.1 Å². The molecule has 7 nitrogen and oxygen atoms in total. The van der Waals surface area contributed by atoms with Gasteiger partial charge in [0, 0.05) is 55.2 Å². The van der Waals surface area contributed by atoms with Gasteiger partial charge in [0.2, 0.25) is 0 Å². The van der Waals surface area contributed by atoms with Crippen LogP contribution >= 0.6 is 0 Å². The van der Waals surface area contributed by atoms with Crippen LogP contribution in [0.15, 0.2) is 43.0 Å². The Morgan fingerprint density at radius 3 is 2.61 bits per heavy atom. The van der Waals surface area contributed by atoms with Crippen LogP contribution < -0.4 is 10.2 Å². The summed E-state index contributed by atoms with van der Waals surface area (Å²) in [4.78, 5) is 20.4. The van der Waals surface area contributed by atoms with Crippen molar-refractivity contribution in [3.63, 3.8) is 0 Å². The first-order valence-electron chi connectivity index (χ1n) is 9.88. The summed E-state index contributed by atoms with van der Waals surface area (Å²) >= 11 is 0. The summed E-state index contributed by atoms with van der Waals surface area (Å²) in [5.74, 6) is 1.69. The zero-order chi connectivity index (χ0) is 19.0. The number of aromatic nitrogens is 4. The maximum absolute atomic E-state index is 9.47. The van der Waals surface area contributed by atoms with Crippen molar-refractivity contribution in [1.82, 2.24) is 25.3 Å². The molecule has 144 valence electrons. The molecule has 2 saturated heterocycles. The Kier molecular flexibility index (Phi) is 4.41. The molecule has 2 aliphatic heterocycles. The Morgan fingerprint density at radius 2 is 1.86 bits per heavy atom. The SMILES string of the molecule is OCC1CC2(CCN(c3nc(-c4ccncc4)nc4cnccc34)CC2)CN1. The maximum atomic E-state index is 9.47. The van der Waals surface area contributed by atoms with Crippen LogP contribution in [0.5, 0.6) is 0 Å². The van der Waals surface area contributed by atoms with Gasteiger partial charge >= 0.3 is 0 Å². The van der Waals surface area contributed by atoms with E-state index in [1.165, 1.54) is 0 Å². The van der Waals surface area contributed by atoms with E-state index >= 15 is 0 Å². The van der Waals surface area contributed by atoms with Crippen molar-refractivity contribution >= 4 is 16.7 Å². The van der Waals surface area contributed by atoms with Crippen molar-refractivity contribution in [3.05, 3.63) is 43.0 Å². The predicted molar refractivity (Wildman–Crippen MR) is 108 cm³/mol. The van der Waals surface area contributed by atoms with Gasteiger partial charge in [-0.05, 0) is 42.9 Å². The first-order chi connectivity index (χ1) is 13.8. The molecule has 0 radical (unpaired) electrons. The average molecular weight is 376 g/mol. The maximum Gasteiger partial charge on any atom is 0.162 e. The monoisotopic (exact) mass is 376 g/mol. The number of anilines is 1. The highest BCUT2D eigenvalue weighted by Crippen LogP contribution is 2.41. The second-order valence-corrected chi connectivity index (χ2v) is 7.95. The van der Waals surface area contributed by atoms with E-state index in [0.717, 1.165) is 61.2 Å². The number of hydrogen-bond acceptors (Lipinski definition) is 7. The molecule has 0 saturated carbocycles. The quantitative estimate of drug-likeness (QED) is 0.723. The van der Waals surface area contributed by atoms with Gasteiger partial charge in [0.25, 0.3) is 0 Å². The first-order valence-corrected chi connectivity index (χ1v) is 9.88. The zero-order valence-electron chi connectivity index (χ0n) is 15.8. The Labute approximate surface area is 163 Å². The minimum Gasteiger partial charge on any atom is -0.395 e. The normalized spacial score (nSPS) is 21.5. The van der Waals surface area contributed by atoms with Gasteiger partial charge in [-0.2, -0.15) is 0 Å². The molecule has 5 heterocycles. The van der Waals surface area contributed by atoms with Gasteiger partial charge in [-0.15, -0.1) is 0 Å². The minimum atomic E-state index is 0.226. The molecule has 1 unspecified atom stereocenters. The van der Waals surface area contributed by atoms with Crippen molar-refractivity contribution in [1.29, 1.82) is 0 Å². The number of nitrogens with one attached hydrogen (secondary N) is 1. The molecule has 3 aromatic heterocycles. The van der Waals surface area contributed by atoms with Crippen molar-refractivity contribution < 1.29 is 5.11 Å². The molecule has 1 atom stereocenters. The third-order valence-corrected chi connectivity index (χ3v) is 6.21. The van der Waals surface area contributed by atoms with Crippen LogP contribution in [0.25, 0.3) is 22.3 Å². The van der Waals surface area contributed by atoms with Gasteiger partial charge in [0.1, 0.15) is 5.82 Å². The number of nitrogens with zero attached hydrogens (tertiary/aromatic N) is 5. The molecular formula is C21H24N6O. The van der Waals surface area contributed by atoms with E-state index in [0.29, 0.717) is 11.2 Å². The summed E-state index contributed by atoms with van der Waals surface area (Å²) in [6.07, 6.45) is 10.4. The third-order valence-electron chi connectivity index (χ3n) is 6.21. The lowest BCUT2D eigenvalue weighted by atomic mass is 9.76. The summed E-state index contributed by atoms with van der Waals surface area (Å²) in [6, 6.07) is 6.12. The van der Waals surface area contributed by atoms with Gasteiger partial charge in [-0.3, -0.25) is 9.97 Å². The van der Waals surface area contributed by atoms with Crippen LogP contribution in [-0.4, -0.2) is 57.3 Å². The van der Waals surface area contributed by atoms with Crippen molar-refractivity contribution in [2.24, 2.45) is 5.41 Å². The second kappa shape index (κ2) is 7.07. The first kappa shape index (κ1) is 17.5. The molecule has 0 amide bonds. The van der Waals surface area contributed by atoms with E-state index in [1.807, 2.05) is 24.4 Å². The summed E-state index contributed by atoms with van der Waals surface area (Å²) in [6.45, 7) is 3.15. The molecule has 1 spiro atoms. The molecule has 3 aromatic rings. The number of rotatable bonds is 3. The van der Waals surface area contributed by atoms with Crippen molar-refractivity contribution in [2.45, 2.75) is 25.3 Å². The van der Waals surface area contributed by atoms with Crippen molar-refractivity contribution in [3.8, 4) is 11.4 Å². The number of piperidine rings is 1. The largest absolute Gasteiger partial charge is 0.395 e. The second-order valence-electron chi connectivity index (χ2n) is 7.95. The molecule has 0 aliphatic carbocycles. The fourth-order valence-corrected chi connectivity index (χ4v) is 4.57. The Hall–Kier alpha value is -2.64. The van der Waals surface area contributed by atoms with Gasteiger partial charge in [0.05, 0.1) is 18.3 Å². The smallest absolute Gasteiger partial charge is 0.162 e. The molecule has 2 N–H and O–H groups in total. The minimum absolute atomic E-state index is 0.226. The van der Waals surface area contributed by atoms with E-state index in [2.05, 4.69) is 20.2 Å². The van der Waals surface area contributed by atoms with E-state index in [9.17, 15) is 5.11 Å². The number of aliphatic hydroxyl groups is 1. The van der Waals surface area contributed by atoms with Crippen LogP contribution in [0.1, 0.15) is 19.3 Å². The molecule has 2 fully saturated rings. The fourth-order valence-electron chi connectivity index (χ4n) is 4.57. The number of aliphatic hydroxyl groups excluding tert-OH is 1. The fraction of sp³-hybridized carbons (Fsp3) is 0.429. The highest BCUT2D eigenvalue weighted by atomic mass is 16.3. The highest BCUT2D eigenvalue weighted by Gasteiger charge is 2.41.